The molecule has 0 aliphatic heterocycles. The SMILES string of the molecule is N#CC1(S(N)(=O)=O)CCCCC1. The number of sulfonamides is 1. The van der Waals surface area contributed by atoms with Gasteiger partial charge >= 0.3 is 0 Å². The van der Waals surface area contributed by atoms with Crippen LogP contribution in [-0.4, -0.2) is 13.2 Å². The van der Waals surface area contributed by atoms with Gasteiger partial charge in [0.1, 0.15) is 0 Å². The summed E-state index contributed by atoms with van der Waals surface area (Å²) < 4.78 is 20.9. The maximum atomic E-state index is 11.1. The Morgan fingerprint density at radius 1 is 1.25 bits per heavy atom. The lowest BCUT2D eigenvalue weighted by molar-refractivity contribution is 0.430. The molecule has 0 radical (unpaired) electrons. The van der Waals surface area contributed by atoms with E-state index in [1.807, 2.05) is 6.07 Å². The maximum absolute atomic E-state index is 11.1. The molecule has 4 nitrogen and oxygen atoms in total. The molecule has 0 spiro atoms. The van der Waals surface area contributed by atoms with Crippen molar-refractivity contribution in [3.05, 3.63) is 0 Å². The minimum Gasteiger partial charge on any atom is -0.227 e. The molecule has 5 heteroatoms. The van der Waals surface area contributed by atoms with Crippen molar-refractivity contribution in [2.75, 3.05) is 0 Å². The zero-order chi connectivity index (χ0) is 9.24. The highest BCUT2D eigenvalue weighted by atomic mass is 32.2. The van der Waals surface area contributed by atoms with Crippen molar-refractivity contribution in [1.29, 1.82) is 5.26 Å². The lowest BCUT2D eigenvalue weighted by Gasteiger charge is -2.27. The van der Waals surface area contributed by atoms with E-state index in [0.717, 1.165) is 19.3 Å². The molecule has 0 aromatic rings. The van der Waals surface area contributed by atoms with Crippen LogP contribution in [0.4, 0.5) is 0 Å². The normalized spacial score (nSPS) is 23.0. The van der Waals surface area contributed by atoms with Gasteiger partial charge in [-0.3, -0.25) is 0 Å². The van der Waals surface area contributed by atoms with E-state index < -0.39 is 14.8 Å². The topological polar surface area (TPSA) is 83.9 Å². The number of nitrogens with zero attached hydrogens (tertiary/aromatic N) is 1. The molecule has 68 valence electrons. The average Bonchev–Trinajstić information content (AvgIpc) is 2.04. The number of hydrogen-bond donors (Lipinski definition) is 1. The van der Waals surface area contributed by atoms with Crippen molar-refractivity contribution in [2.24, 2.45) is 5.14 Å². The molecule has 1 aliphatic rings. The lowest BCUT2D eigenvalue weighted by Crippen LogP contribution is -2.43. The third-order valence-corrected chi connectivity index (χ3v) is 4.00. The van der Waals surface area contributed by atoms with Crippen LogP contribution in [0.15, 0.2) is 0 Å². The van der Waals surface area contributed by atoms with E-state index in [9.17, 15) is 8.42 Å². The van der Waals surface area contributed by atoms with Gasteiger partial charge in [0.15, 0.2) is 4.75 Å². The fraction of sp³-hybridized carbons (Fsp3) is 0.857. The Morgan fingerprint density at radius 3 is 2.00 bits per heavy atom. The predicted molar refractivity (Wildman–Crippen MR) is 44.5 cm³/mol. The Bertz CT molecular complexity index is 296. The lowest BCUT2D eigenvalue weighted by atomic mass is 9.89. The second kappa shape index (κ2) is 3.04. The van der Waals surface area contributed by atoms with Crippen molar-refractivity contribution < 1.29 is 8.42 Å². The minimum absolute atomic E-state index is 0.391. The van der Waals surface area contributed by atoms with Gasteiger partial charge in [0.25, 0.3) is 0 Å². The van der Waals surface area contributed by atoms with Crippen LogP contribution in [0.1, 0.15) is 32.1 Å². The van der Waals surface area contributed by atoms with Gasteiger partial charge < -0.3 is 0 Å². The fourth-order valence-electron chi connectivity index (χ4n) is 1.58. The summed E-state index contributed by atoms with van der Waals surface area (Å²) in [5.74, 6) is 0. The van der Waals surface area contributed by atoms with Crippen LogP contribution in [0.5, 0.6) is 0 Å². The molecule has 0 unspecified atom stereocenters. The largest absolute Gasteiger partial charge is 0.228 e. The van der Waals surface area contributed by atoms with Crippen LogP contribution >= 0.6 is 0 Å². The van der Waals surface area contributed by atoms with Gasteiger partial charge in [0, 0.05) is 0 Å². The highest BCUT2D eigenvalue weighted by Gasteiger charge is 2.42. The summed E-state index contributed by atoms with van der Waals surface area (Å²) in [5, 5.41) is 13.8. The van der Waals surface area contributed by atoms with Crippen molar-refractivity contribution in [3.63, 3.8) is 0 Å². The van der Waals surface area contributed by atoms with Gasteiger partial charge in [-0.2, -0.15) is 5.26 Å². The average molecular weight is 188 g/mol. The van der Waals surface area contributed by atoms with Crippen molar-refractivity contribution in [2.45, 2.75) is 36.9 Å². The third kappa shape index (κ3) is 1.45. The Kier molecular flexibility index (Phi) is 2.40. The smallest absolute Gasteiger partial charge is 0.227 e. The van der Waals surface area contributed by atoms with E-state index in [1.165, 1.54) is 0 Å². The minimum atomic E-state index is -3.70. The van der Waals surface area contributed by atoms with Gasteiger partial charge in [-0.25, -0.2) is 13.6 Å². The monoisotopic (exact) mass is 188 g/mol. The molecular weight excluding hydrogens is 176 g/mol. The molecule has 1 saturated carbocycles. The van der Waals surface area contributed by atoms with Crippen molar-refractivity contribution in [3.8, 4) is 6.07 Å². The summed E-state index contributed by atoms with van der Waals surface area (Å²) in [6.45, 7) is 0. The first-order valence-electron chi connectivity index (χ1n) is 3.95. The predicted octanol–water partition coefficient (Wildman–Crippen LogP) is 0.501. The number of nitriles is 1. The molecule has 0 amide bonds. The standard InChI is InChI=1S/C7H12N2O2S/c8-6-7(12(9,10)11)4-2-1-3-5-7/h1-5H2,(H2,9,10,11). The van der Waals surface area contributed by atoms with Crippen molar-refractivity contribution in [1.82, 2.24) is 0 Å². The Labute approximate surface area is 72.4 Å². The summed E-state index contributed by atoms with van der Waals surface area (Å²) >= 11 is 0. The van der Waals surface area contributed by atoms with Gasteiger partial charge in [-0.05, 0) is 12.8 Å². The van der Waals surface area contributed by atoms with E-state index in [-0.39, 0.29) is 0 Å². The second-order valence-electron chi connectivity index (χ2n) is 3.21. The first-order chi connectivity index (χ1) is 5.52. The second-order valence-corrected chi connectivity index (χ2v) is 5.08. The molecular formula is C7H12N2O2S. The van der Waals surface area contributed by atoms with E-state index in [2.05, 4.69) is 0 Å². The van der Waals surface area contributed by atoms with E-state index in [0.29, 0.717) is 12.8 Å². The molecule has 2 N–H and O–H groups in total. The quantitative estimate of drug-likeness (QED) is 0.650. The molecule has 0 heterocycles. The van der Waals surface area contributed by atoms with E-state index >= 15 is 0 Å². The van der Waals surface area contributed by atoms with Crippen molar-refractivity contribution >= 4 is 10.0 Å². The molecule has 0 aromatic carbocycles. The Morgan fingerprint density at radius 2 is 1.75 bits per heavy atom. The summed E-state index contributed by atoms with van der Waals surface area (Å²) in [4.78, 5) is 0. The molecule has 12 heavy (non-hydrogen) atoms. The van der Waals surface area contributed by atoms with Crippen LogP contribution in [0.2, 0.25) is 0 Å². The first kappa shape index (κ1) is 9.49. The fourth-order valence-corrected chi connectivity index (χ4v) is 2.57. The molecule has 0 bridgehead atoms. The third-order valence-electron chi connectivity index (χ3n) is 2.41. The van der Waals surface area contributed by atoms with Crippen LogP contribution < -0.4 is 5.14 Å². The highest BCUT2D eigenvalue weighted by Crippen LogP contribution is 2.32. The van der Waals surface area contributed by atoms with Crippen LogP contribution in [0, 0.1) is 11.3 Å². The molecule has 1 rings (SSSR count). The number of hydrogen-bond acceptors (Lipinski definition) is 3. The summed E-state index contributed by atoms with van der Waals surface area (Å²) in [6, 6.07) is 1.84. The summed E-state index contributed by atoms with van der Waals surface area (Å²) in [6.07, 6.45) is 3.34. The molecule has 1 fully saturated rings. The number of nitrogens with two attached hydrogens (primary N) is 1. The Balaban J connectivity index is 2.99. The zero-order valence-electron chi connectivity index (χ0n) is 6.78. The van der Waals surface area contributed by atoms with Crippen LogP contribution in [0.3, 0.4) is 0 Å². The van der Waals surface area contributed by atoms with Crippen LogP contribution in [0.25, 0.3) is 0 Å². The zero-order valence-corrected chi connectivity index (χ0v) is 7.60. The van der Waals surface area contributed by atoms with E-state index in [1.54, 1.807) is 0 Å². The summed E-state index contributed by atoms with van der Waals surface area (Å²) in [7, 11) is -3.70. The first-order valence-corrected chi connectivity index (χ1v) is 5.50. The van der Waals surface area contributed by atoms with Gasteiger partial charge in [-0.15, -0.1) is 0 Å². The van der Waals surface area contributed by atoms with Gasteiger partial charge in [0.05, 0.1) is 6.07 Å². The Hall–Kier alpha value is -0.600. The number of primary sulfonamides is 1. The molecule has 0 saturated heterocycles. The molecule has 0 atom stereocenters. The molecule has 1 aliphatic carbocycles. The number of rotatable bonds is 1. The van der Waals surface area contributed by atoms with Gasteiger partial charge in [0.2, 0.25) is 10.0 Å². The molecule has 0 aromatic heterocycles. The van der Waals surface area contributed by atoms with E-state index in [4.69, 9.17) is 10.4 Å². The highest BCUT2D eigenvalue weighted by molar-refractivity contribution is 7.90. The van der Waals surface area contributed by atoms with Gasteiger partial charge in [-0.1, -0.05) is 19.3 Å². The van der Waals surface area contributed by atoms with Crippen LogP contribution in [-0.2, 0) is 10.0 Å². The maximum Gasteiger partial charge on any atom is 0.228 e. The summed E-state index contributed by atoms with van der Waals surface area (Å²) in [5.41, 5.74) is 0.